The van der Waals surface area contributed by atoms with E-state index in [0.29, 0.717) is 18.1 Å². The Balaban J connectivity index is 2.26. The van der Waals surface area contributed by atoms with Crippen LogP contribution in [-0.2, 0) is 9.84 Å². The molecule has 1 aliphatic heterocycles. The minimum absolute atomic E-state index is 0.231. The van der Waals surface area contributed by atoms with Crippen molar-refractivity contribution in [2.75, 3.05) is 50.8 Å². The lowest BCUT2D eigenvalue weighted by molar-refractivity contribution is 0.152. The number of thiocarbonyl (C=S) groups is 1. The van der Waals surface area contributed by atoms with Crippen molar-refractivity contribution in [2.24, 2.45) is 5.73 Å². The Morgan fingerprint density at radius 3 is 2.24 bits per heavy atom. The van der Waals surface area contributed by atoms with Crippen molar-refractivity contribution in [1.82, 2.24) is 9.80 Å². The SMILES string of the molecule is CCS(=O)(=O)CCN1CCN(CC(N)=S)CC1. The van der Waals surface area contributed by atoms with Gasteiger partial charge in [0.1, 0.15) is 0 Å². The summed E-state index contributed by atoms with van der Waals surface area (Å²) < 4.78 is 22.8. The molecule has 0 saturated carbocycles. The molecule has 0 aliphatic carbocycles. The van der Waals surface area contributed by atoms with Gasteiger partial charge < -0.3 is 5.73 Å². The summed E-state index contributed by atoms with van der Waals surface area (Å²) in [7, 11) is -2.85. The van der Waals surface area contributed by atoms with Crippen LogP contribution in [0.2, 0.25) is 0 Å². The number of rotatable bonds is 6. The normalized spacial score (nSPS) is 19.4. The molecule has 0 aromatic carbocycles. The van der Waals surface area contributed by atoms with Crippen molar-refractivity contribution < 1.29 is 8.42 Å². The van der Waals surface area contributed by atoms with Crippen LogP contribution in [0.5, 0.6) is 0 Å². The van der Waals surface area contributed by atoms with Crippen molar-refractivity contribution in [3.8, 4) is 0 Å². The Morgan fingerprint density at radius 2 is 1.76 bits per heavy atom. The van der Waals surface area contributed by atoms with Crippen molar-refractivity contribution >= 4 is 27.0 Å². The fourth-order valence-electron chi connectivity index (χ4n) is 1.80. The molecule has 0 aromatic heterocycles. The van der Waals surface area contributed by atoms with Gasteiger partial charge in [0.25, 0.3) is 0 Å². The minimum atomic E-state index is -2.85. The van der Waals surface area contributed by atoms with E-state index in [4.69, 9.17) is 18.0 Å². The van der Waals surface area contributed by atoms with Gasteiger partial charge in [0.05, 0.1) is 10.7 Å². The van der Waals surface area contributed by atoms with Gasteiger partial charge in [-0.25, -0.2) is 8.42 Å². The van der Waals surface area contributed by atoms with E-state index >= 15 is 0 Å². The van der Waals surface area contributed by atoms with Crippen molar-refractivity contribution in [1.29, 1.82) is 0 Å². The van der Waals surface area contributed by atoms with Crippen LogP contribution in [0.1, 0.15) is 6.92 Å². The highest BCUT2D eigenvalue weighted by Crippen LogP contribution is 2.02. The van der Waals surface area contributed by atoms with Gasteiger partial charge in [-0.05, 0) is 0 Å². The molecule has 0 bridgehead atoms. The summed E-state index contributed by atoms with van der Waals surface area (Å²) in [6, 6.07) is 0. The van der Waals surface area contributed by atoms with Gasteiger partial charge in [-0.1, -0.05) is 19.1 Å². The average molecular weight is 279 g/mol. The molecular weight excluding hydrogens is 258 g/mol. The van der Waals surface area contributed by atoms with Gasteiger partial charge in [0.2, 0.25) is 0 Å². The first-order valence-electron chi connectivity index (χ1n) is 5.86. The fourth-order valence-corrected chi connectivity index (χ4v) is 2.81. The van der Waals surface area contributed by atoms with Gasteiger partial charge >= 0.3 is 0 Å². The van der Waals surface area contributed by atoms with E-state index in [-0.39, 0.29) is 11.5 Å². The molecule has 0 aromatic rings. The first kappa shape index (κ1) is 14.8. The zero-order valence-corrected chi connectivity index (χ0v) is 11.9. The van der Waals surface area contributed by atoms with E-state index in [2.05, 4.69) is 9.80 Å². The maximum Gasteiger partial charge on any atom is 0.151 e. The highest BCUT2D eigenvalue weighted by atomic mass is 32.2. The third kappa shape index (κ3) is 5.76. The molecule has 0 atom stereocenters. The molecule has 1 heterocycles. The van der Waals surface area contributed by atoms with E-state index in [9.17, 15) is 8.42 Å². The van der Waals surface area contributed by atoms with Gasteiger partial charge in [-0.3, -0.25) is 9.80 Å². The zero-order chi connectivity index (χ0) is 12.9. The number of hydrogen-bond acceptors (Lipinski definition) is 5. The lowest BCUT2D eigenvalue weighted by atomic mass is 10.3. The van der Waals surface area contributed by atoms with Crippen LogP contribution in [0.25, 0.3) is 0 Å². The van der Waals surface area contributed by atoms with E-state index in [1.807, 2.05) is 0 Å². The molecule has 5 nitrogen and oxygen atoms in total. The molecule has 0 amide bonds. The minimum Gasteiger partial charge on any atom is -0.392 e. The molecule has 2 N–H and O–H groups in total. The predicted octanol–water partition coefficient (Wildman–Crippen LogP) is -0.675. The maximum absolute atomic E-state index is 11.4. The quantitative estimate of drug-likeness (QED) is 0.650. The number of hydrogen-bond donors (Lipinski definition) is 1. The van der Waals surface area contributed by atoms with Crippen molar-refractivity contribution in [3.63, 3.8) is 0 Å². The standard InChI is InChI=1S/C10H21N3O2S2/c1-2-17(14,15)8-7-12-3-5-13(6-4-12)9-10(11)16/h2-9H2,1H3,(H2,11,16). The van der Waals surface area contributed by atoms with Crippen LogP contribution in [-0.4, -0.2) is 74.0 Å². The van der Waals surface area contributed by atoms with Crippen LogP contribution < -0.4 is 5.73 Å². The van der Waals surface area contributed by atoms with Crippen LogP contribution in [0.15, 0.2) is 0 Å². The lowest BCUT2D eigenvalue weighted by Crippen LogP contribution is -2.49. The zero-order valence-electron chi connectivity index (χ0n) is 10.3. The van der Waals surface area contributed by atoms with Gasteiger partial charge in [-0.2, -0.15) is 0 Å². The number of nitrogens with zero attached hydrogens (tertiary/aromatic N) is 2. The number of piperazine rings is 1. The molecule has 7 heteroatoms. The second-order valence-corrected chi connectivity index (χ2v) is 7.32. The van der Waals surface area contributed by atoms with Crippen LogP contribution >= 0.6 is 12.2 Å². The lowest BCUT2D eigenvalue weighted by Gasteiger charge is -2.34. The monoisotopic (exact) mass is 279 g/mol. The molecular formula is C10H21N3O2S2. The molecule has 0 spiro atoms. The third-order valence-electron chi connectivity index (χ3n) is 3.00. The predicted molar refractivity (Wildman–Crippen MR) is 74.0 cm³/mol. The maximum atomic E-state index is 11.4. The van der Waals surface area contributed by atoms with Crippen LogP contribution in [0.4, 0.5) is 0 Å². The summed E-state index contributed by atoms with van der Waals surface area (Å²) in [5, 5.41) is 0. The summed E-state index contributed by atoms with van der Waals surface area (Å²) >= 11 is 4.86. The van der Waals surface area contributed by atoms with Gasteiger partial charge in [-0.15, -0.1) is 0 Å². The van der Waals surface area contributed by atoms with Crippen molar-refractivity contribution in [3.05, 3.63) is 0 Å². The average Bonchev–Trinajstić information content (AvgIpc) is 2.28. The second kappa shape index (κ2) is 6.63. The Morgan fingerprint density at radius 1 is 1.24 bits per heavy atom. The Bertz CT molecular complexity index is 349. The Hall–Kier alpha value is -0.240. The summed E-state index contributed by atoms with van der Waals surface area (Å²) in [6.45, 7) is 6.58. The van der Waals surface area contributed by atoms with Gasteiger partial charge in [0.15, 0.2) is 9.84 Å². The van der Waals surface area contributed by atoms with Crippen LogP contribution in [0, 0.1) is 0 Å². The smallest absolute Gasteiger partial charge is 0.151 e. The summed E-state index contributed by atoms with van der Waals surface area (Å²) in [6.07, 6.45) is 0. The highest BCUT2D eigenvalue weighted by molar-refractivity contribution is 7.91. The Kier molecular flexibility index (Phi) is 5.78. The Labute approximate surface area is 109 Å². The van der Waals surface area contributed by atoms with Gasteiger partial charge in [0, 0.05) is 45.0 Å². The summed E-state index contributed by atoms with van der Waals surface area (Å²) in [5.41, 5.74) is 5.49. The molecule has 1 fully saturated rings. The summed E-state index contributed by atoms with van der Waals surface area (Å²) in [4.78, 5) is 4.91. The molecule has 1 saturated heterocycles. The fraction of sp³-hybridized carbons (Fsp3) is 0.900. The van der Waals surface area contributed by atoms with Crippen molar-refractivity contribution in [2.45, 2.75) is 6.92 Å². The van der Waals surface area contributed by atoms with Crippen LogP contribution in [0.3, 0.4) is 0 Å². The molecule has 17 heavy (non-hydrogen) atoms. The largest absolute Gasteiger partial charge is 0.392 e. The number of nitrogens with two attached hydrogens (primary N) is 1. The van der Waals surface area contributed by atoms with E-state index in [1.165, 1.54) is 0 Å². The van der Waals surface area contributed by atoms with E-state index < -0.39 is 9.84 Å². The first-order valence-corrected chi connectivity index (χ1v) is 8.09. The first-order chi connectivity index (χ1) is 7.93. The molecule has 1 aliphatic rings. The second-order valence-electron chi connectivity index (χ2n) is 4.32. The number of sulfone groups is 1. The molecule has 0 unspecified atom stereocenters. The molecule has 0 radical (unpaired) electrons. The summed E-state index contributed by atoms with van der Waals surface area (Å²) in [5.74, 6) is 0.493. The van der Waals surface area contributed by atoms with E-state index in [0.717, 1.165) is 26.2 Å². The van der Waals surface area contributed by atoms with E-state index in [1.54, 1.807) is 6.92 Å². The third-order valence-corrected chi connectivity index (χ3v) is 4.82. The molecule has 100 valence electrons. The molecule has 1 rings (SSSR count). The highest BCUT2D eigenvalue weighted by Gasteiger charge is 2.18. The topological polar surface area (TPSA) is 66.6 Å².